The lowest BCUT2D eigenvalue weighted by atomic mass is 10.1. The minimum atomic E-state index is -0.519. The molecule has 2 aromatic rings. The van der Waals surface area contributed by atoms with Crippen molar-refractivity contribution in [2.24, 2.45) is 0 Å². The van der Waals surface area contributed by atoms with Crippen LogP contribution in [0.15, 0.2) is 24.3 Å². The summed E-state index contributed by atoms with van der Waals surface area (Å²) >= 11 is 0. The van der Waals surface area contributed by atoms with E-state index in [1.807, 2.05) is 6.07 Å². The van der Waals surface area contributed by atoms with Crippen molar-refractivity contribution < 1.29 is 4.39 Å². The number of hydrogen-bond donors (Lipinski definition) is 2. The van der Waals surface area contributed by atoms with Crippen LogP contribution in [0, 0.1) is 17.1 Å². The van der Waals surface area contributed by atoms with Crippen LogP contribution >= 0.6 is 0 Å². The molecule has 0 spiro atoms. The molecule has 1 aromatic carbocycles. The summed E-state index contributed by atoms with van der Waals surface area (Å²) in [5, 5.41) is 8.74. The van der Waals surface area contributed by atoms with Gasteiger partial charge in [-0.15, -0.1) is 0 Å². The molecule has 0 radical (unpaired) electrons. The average Bonchev–Trinajstić information content (AvgIpc) is 2.26. The smallest absolute Gasteiger partial charge is 0.222 e. The summed E-state index contributed by atoms with van der Waals surface area (Å²) in [4.78, 5) is 7.64. The van der Waals surface area contributed by atoms with E-state index >= 15 is 0 Å². The van der Waals surface area contributed by atoms with Crippen LogP contribution in [0.2, 0.25) is 0 Å². The Labute approximate surface area is 96.5 Å². The van der Waals surface area contributed by atoms with Crippen molar-refractivity contribution in [2.75, 3.05) is 11.5 Å². The molecule has 0 aliphatic rings. The molecule has 0 bridgehead atoms. The maximum atomic E-state index is 13.2. The molecule has 1 aromatic heterocycles. The van der Waals surface area contributed by atoms with Gasteiger partial charge in [0.1, 0.15) is 11.6 Å². The van der Waals surface area contributed by atoms with Crippen molar-refractivity contribution in [3.05, 3.63) is 35.6 Å². The zero-order valence-corrected chi connectivity index (χ0v) is 8.68. The largest absolute Gasteiger partial charge is 0.384 e. The Morgan fingerprint density at radius 3 is 2.53 bits per heavy atom. The summed E-state index contributed by atoms with van der Waals surface area (Å²) in [6.07, 6.45) is 0. The van der Waals surface area contributed by atoms with E-state index in [-0.39, 0.29) is 17.3 Å². The highest BCUT2D eigenvalue weighted by Gasteiger charge is 2.06. The lowest BCUT2D eigenvalue weighted by molar-refractivity contribution is 0.628. The van der Waals surface area contributed by atoms with E-state index in [1.54, 1.807) is 0 Å². The molecule has 17 heavy (non-hydrogen) atoms. The zero-order chi connectivity index (χ0) is 12.4. The average molecular weight is 229 g/mol. The van der Waals surface area contributed by atoms with Gasteiger partial charge in [-0.3, -0.25) is 0 Å². The summed E-state index contributed by atoms with van der Waals surface area (Å²) in [6, 6.07) is 7.22. The number of benzene rings is 1. The van der Waals surface area contributed by atoms with E-state index in [1.165, 1.54) is 18.2 Å². The number of nitrogens with zero attached hydrogens (tertiary/aromatic N) is 3. The van der Waals surface area contributed by atoms with E-state index in [0.717, 1.165) is 6.07 Å². The molecule has 0 amide bonds. The number of rotatable bonds is 1. The Balaban J connectivity index is 2.60. The summed E-state index contributed by atoms with van der Waals surface area (Å²) < 4.78 is 13.2. The van der Waals surface area contributed by atoms with Crippen molar-refractivity contribution in [3.63, 3.8) is 0 Å². The van der Waals surface area contributed by atoms with Gasteiger partial charge >= 0.3 is 0 Å². The molecule has 0 fully saturated rings. The van der Waals surface area contributed by atoms with E-state index < -0.39 is 5.82 Å². The van der Waals surface area contributed by atoms with Crippen molar-refractivity contribution >= 4 is 11.8 Å². The highest BCUT2D eigenvalue weighted by molar-refractivity contribution is 5.65. The number of nitriles is 1. The Morgan fingerprint density at radius 1 is 1.12 bits per heavy atom. The fourth-order valence-corrected chi connectivity index (χ4v) is 1.44. The third kappa shape index (κ3) is 2.29. The fourth-order valence-electron chi connectivity index (χ4n) is 1.44. The van der Waals surface area contributed by atoms with Gasteiger partial charge in [0.25, 0.3) is 0 Å². The van der Waals surface area contributed by atoms with Gasteiger partial charge in [-0.05, 0) is 18.2 Å². The van der Waals surface area contributed by atoms with E-state index in [4.69, 9.17) is 16.7 Å². The number of hydrogen-bond acceptors (Lipinski definition) is 5. The van der Waals surface area contributed by atoms with E-state index in [2.05, 4.69) is 9.97 Å². The lowest BCUT2D eigenvalue weighted by Gasteiger charge is -2.04. The van der Waals surface area contributed by atoms with Crippen LogP contribution in [0.5, 0.6) is 0 Å². The second kappa shape index (κ2) is 4.06. The summed E-state index contributed by atoms with van der Waals surface area (Å²) in [7, 11) is 0. The van der Waals surface area contributed by atoms with Gasteiger partial charge in [0.15, 0.2) is 0 Å². The molecule has 0 aliphatic carbocycles. The first-order valence-electron chi connectivity index (χ1n) is 4.69. The van der Waals surface area contributed by atoms with Gasteiger partial charge in [0.2, 0.25) is 5.95 Å². The van der Waals surface area contributed by atoms with Crippen LogP contribution < -0.4 is 11.5 Å². The molecular weight excluding hydrogens is 221 g/mol. The monoisotopic (exact) mass is 229 g/mol. The van der Waals surface area contributed by atoms with Crippen LogP contribution in [-0.4, -0.2) is 9.97 Å². The van der Waals surface area contributed by atoms with Crippen LogP contribution in [-0.2, 0) is 0 Å². The molecule has 0 saturated carbocycles. The van der Waals surface area contributed by atoms with Crippen LogP contribution in [0.1, 0.15) is 5.56 Å². The van der Waals surface area contributed by atoms with Crippen LogP contribution in [0.4, 0.5) is 16.2 Å². The molecular formula is C11H8FN5. The molecule has 0 atom stereocenters. The Morgan fingerprint density at radius 2 is 1.88 bits per heavy atom. The first kappa shape index (κ1) is 10.8. The van der Waals surface area contributed by atoms with Gasteiger partial charge < -0.3 is 11.5 Å². The summed E-state index contributed by atoms with van der Waals surface area (Å²) in [6.45, 7) is 0. The van der Waals surface area contributed by atoms with Gasteiger partial charge in [-0.2, -0.15) is 10.2 Å². The van der Waals surface area contributed by atoms with Crippen molar-refractivity contribution in [1.82, 2.24) is 9.97 Å². The van der Waals surface area contributed by atoms with Crippen molar-refractivity contribution in [3.8, 4) is 17.3 Å². The molecule has 84 valence electrons. The highest BCUT2D eigenvalue weighted by Crippen LogP contribution is 2.21. The second-order valence-corrected chi connectivity index (χ2v) is 3.38. The Hall–Kier alpha value is -2.68. The number of anilines is 2. The maximum Gasteiger partial charge on any atom is 0.222 e. The fraction of sp³-hybridized carbons (Fsp3) is 0. The molecule has 0 unspecified atom stereocenters. The molecule has 6 heteroatoms. The van der Waals surface area contributed by atoms with Crippen molar-refractivity contribution in [1.29, 1.82) is 5.26 Å². The predicted molar refractivity (Wildman–Crippen MR) is 61.0 cm³/mol. The zero-order valence-electron chi connectivity index (χ0n) is 8.68. The first-order valence-corrected chi connectivity index (χ1v) is 4.69. The minimum Gasteiger partial charge on any atom is -0.384 e. The lowest BCUT2D eigenvalue weighted by Crippen LogP contribution is -2.00. The SMILES string of the molecule is N#Cc1cc(F)cc(-c2cc(N)nc(N)n2)c1. The third-order valence-electron chi connectivity index (χ3n) is 2.09. The Bertz CT molecular complexity index is 597. The standard InChI is InChI=1S/C11H8FN5/c12-8-2-6(5-13)1-7(3-8)9-4-10(14)17-11(15)16-9/h1-4H,(H4,14,15,16,17). The Kier molecular flexibility index (Phi) is 2.58. The number of nitrogens with two attached hydrogens (primary N) is 2. The van der Waals surface area contributed by atoms with E-state index in [0.29, 0.717) is 11.3 Å². The van der Waals surface area contributed by atoms with Gasteiger partial charge in [0, 0.05) is 11.6 Å². The summed E-state index contributed by atoms with van der Waals surface area (Å²) in [5.41, 5.74) is 12.0. The second-order valence-electron chi connectivity index (χ2n) is 3.38. The highest BCUT2D eigenvalue weighted by atomic mass is 19.1. The van der Waals surface area contributed by atoms with Gasteiger partial charge in [0.05, 0.1) is 17.3 Å². The van der Waals surface area contributed by atoms with Gasteiger partial charge in [-0.1, -0.05) is 0 Å². The third-order valence-corrected chi connectivity index (χ3v) is 2.09. The van der Waals surface area contributed by atoms with Crippen molar-refractivity contribution in [2.45, 2.75) is 0 Å². The summed E-state index contributed by atoms with van der Waals surface area (Å²) in [5.74, 6) is -0.326. The molecule has 2 rings (SSSR count). The molecule has 0 aliphatic heterocycles. The minimum absolute atomic E-state index is 0.00256. The molecule has 1 heterocycles. The van der Waals surface area contributed by atoms with Gasteiger partial charge in [-0.25, -0.2) is 9.37 Å². The topological polar surface area (TPSA) is 102 Å². The normalized spacial score (nSPS) is 9.88. The molecule has 5 nitrogen and oxygen atoms in total. The van der Waals surface area contributed by atoms with E-state index in [9.17, 15) is 4.39 Å². The van der Waals surface area contributed by atoms with Crippen LogP contribution in [0.3, 0.4) is 0 Å². The molecule has 0 saturated heterocycles. The first-order chi connectivity index (χ1) is 8.08. The number of halogens is 1. The number of aromatic nitrogens is 2. The quantitative estimate of drug-likeness (QED) is 0.767. The molecule has 4 N–H and O–H groups in total. The maximum absolute atomic E-state index is 13.2. The predicted octanol–water partition coefficient (Wildman–Crippen LogP) is 1.32. The number of nitrogen functional groups attached to an aromatic ring is 2. The van der Waals surface area contributed by atoms with Crippen LogP contribution in [0.25, 0.3) is 11.3 Å².